The van der Waals surface area contributed by atoms with Crippen molar-refractivity contribution in [1.82, 2.24) is 0 Å². The number of hydrogen-bond donors (Lipinski definition) is 1. The molecule has 0 saturated carbocycles. The SMILES string of the molecule is COc1cccc(C=Nc2cc(C(C)=O)ccc2Cl)c1O. The van der Waals surface area contributed by atoms with Gasteiger partial charge in [0, 0.05) is 17.3 Å². The van der Waals surface area contributed by atoms with Gasteiger partial charge in [-0.1, -0.05) is 17.7 Å². The zero-order chi connectivity index (χ0) is 15.4. The van der Waals surface area contributed by atoms with Crippen LogP contribution < -0.4 is 4.74 Å². The maximum atomic E-state index is 11.4. The molecule has 0 aliphatic carbocycles. The molecule has 0 bridgehead atoms. The number of Topliss-reactive ketones (excluding diaryl/α,β-unsaturated/α-hetero) is 1. The molecule has 0 atom stereocenters. The van der Waals surface area contributed by atoms with Crippen molar-refractivity contribution in [2.75, 3.05) is 7.11 Å². The maximum absolute atomic E-state index is 11.4. The van der Waals surface area contributed by atoms with Gasteiger partial charge >= 0.3 is 0 Å². The van der Waals surface area contributed by atoms with Crippen LogP contribution in [-0.4, -0.2) is 24.2 Å². The van der Waals surface area contributed by atoms with Gasteiger partial charge in [0.25, 0.3) is 0 Å². The van der Waals surface area contributed by atoms with Gasteiger partial charge in [-0.25, -0.2) is 0 Å². The van der Waals surface area contributed by atoms with Crippen molar-refractivity contribution in [1.29, 1.82) is 0 Å². The second-order valence-corrected chi connectivity index (χ2v) is 4.79. The summed E-state index contributed by atoms with van der Waals surface area (Å²) in [5.74, 6) is 0.303. The van der Waals surface area contributed by atoms with Crippen LogP contribution in [0.3, 0.4) is 0 Å². The quantitative estimate of drug-likeness (QED) is 0.686. The number of nitrogens with zero attached hydrogens (tertiary/aromatic N) is 1. The lowest BCUT2D eigenvalue weighted by molar-refractivity contribution is 0.101. The lowest BCUT2D eigenvalue weighted by atomic mass is 10.1. The summed E-state index contributed by atoms with van der Waals surface area (Å²) >= 11 is 6.05. The summed E-state index contributed by atoms with van der Waals surface area (Å²) in [5.41, 5.74) is 1.49. The van der Waals surface area contributed by atoms with Crippen LogP contribution in [0.15, 0.2) is 41.4 Å². The molecule has 0 fully saturated rings. The maximum Gasteiger partial charge on any atom is 0.166 e. The molecule has 21 heavy (non-hydrogen) atoms. The minimum Gasteiger partial charge on any atom is -0.504 e. The van der Waals surface area contributed by atoms with Crippen molar-refractivity contribution < 1.29 is 14.6 Å². The van der Waals surface area contributed by atoms with Crippen LogP contribution in [0.25, 0.3) is 0 Å². The highest BCUT2D eigenvalue weighted by molar-refractivity contribution is 6.33. The molecule has 1 N–H and O–H groups in total. The van der Waals surface area contributed by atoms with Gasteiger partial charge in [0.2, 0.25) is 0 Å². The number of phenolic OH excluding ortho intramolecular Hbond substituents is 1. The molecule has 2 rings (SSSR count). The summed E-state index contributed by atoms with van der Waals surface area (Å²) in [4.78, 5) is 15.6. The summed E-state index contributed by atoms with van der Waals surface area (Å²) in [6, 6.07) is 9.97. The highest BCUT2D eigenvalue weighted by Crippen LogP contribution is 2.30. The standard InChI is InChI=1S/C16H14ClNO3/c1-10(19)11-6-7-13(17)14(8-11)18-9-12-4-3-5-15(21-2)16(12)20/h3-9,20H,1-2H3. The molecule has 2 aromatic carbocycles. The van der Waals surface area contributed by atoms with Crippen LogP contribution in [-0.2, 0) is 0 Å². The molecule has 5 heteroatoms. The van der Waals surface area contributed by atoms with Gasteiger partial charge in [-0.3, -0.25) is 9.79 Å². The minimum atomic E-state index is -0.0626. The van der Waals surface area contributed by atoms with Gasteiger partial charge in [0.05, 0.1) is 17.8 Å². The summed E-state index contributed by atoms with van der Waals surface area (Å²) in [6.07, 6.45) is 1.48. The van der Waals surface area contributed by atoms with E-state index in [9.17, 15) is 9.90 Å². The topological polar surface area (TPSA) is 58.9 Å². The zero-order valence-corrected chi connectivity index (χ0v) is 12.4. The molecule has 0 aliphatic rings. The highest BCUT2D eigenvalue weighted by atomic mass is 35.5. The van der Waals surface area contributed by atoms with E-state index in [-0.39, 0.29) is 11.5 Å². The van der Waals surface area contributed by atoms with Crippen LogP contribution >= 0.6 is 11.6 Å². The van der Waals surface area contributed by atoms with Crippen molar-refractivity contribution in [2.24, 2.45) is 4.99 Å². The number of ketones is 1. The van der Waals surface area contributed by atoms with Crippen molar-refractivity contribution in [3.63, 3.8) is 0 Å². The van der Waals surface area contributed by atoms with Crippen LogP contribution in [0.5, 0.6) is 11.5 Å². The highest BCUT2D eigenvalue weighted by Gasteiger charge is 2.07. The Hall–Kier alpha value is -2.33. The second kappa shape index (κ2) is 6.41. The Morgan fingerprint density at radius 1 is 1.33 bits per heavy atom. The Morgan fingerprint density at radius 2 is 2.10 bits per heavy atom. The summed E-state index contributed by atoms with van der Waals surface area (Å²) in [6.45, 7) is 1.48. The fraction of sp³-hybridized carbons (Fsp3) is 0.125. The number of carbonyl (C=O) groups is 1. The monoisotopic (exact) mass is 303 g/mol. The Balaban J connectivity index is 2.38. The van der Waals surface area contributed by atoms with E-state index in [1.807, 2.05) is 0 Å². The van der Waals surface area contributed by atoms with Gasteiger partial charge < -0.3 is 9.84 Å². The van der Waals surface area contributed by atoms with Gasteiger partial charge in [-0.05, 0) is 37.3 Å². The molecule has 0 amide bonds. The smallest absolute Gasteiger partial charge is 0.166 e. The zero-order valence-electron chi connectivity index (χ0n) is 11.6. The molecule has 4 nitrogen and oxygen atoms in total. The third-order valence-corrected chi connectivity index (χ3v) is 3.27. The number of hydrogen-bond acceptors (Lipinski definition) is 4. The van der Waals surface area contributed by atoms with E-state index in [2.05, 4.69) is 4.99 Å². The van der Waals surface area contributed by atoms with E-state index in [1.165, 1.54) is 20.2 Å². The van der Waals surface area contributed by atoms with E-state index in [4.69, 9.17) is 16.3 Å². The first-order chi connectivity index (χ1) is 10.0. The third kappa shape index (κ3) is 3.41. The molecule has 0 radical (unpaired) electrons. The van der Waals surface area contributed by atoms with E-state index in [0.29, 0.717) is 27.6 Å². The molecule has 0 aromatic heterocycles. The average molecular weight is 304 g/mol. The van der Waals surface area contributed by atoms with Crippen LogP contribution in [0.2, 0.25) is 5.02 Å². The summed E-state index contributed by atoms with van der Waals surface area (Å²) in [5, 5.41) is 10.4. The number of benzene rings is 2. The molecule has 108 valence electrons. The van der Waals surface area contributed by atoms with Gasteiger partial charge in [-0.15, -0.1) is 0 Å². The van der Waals surface area contributed by atoms with Crippen LogP contribution in [0, 0.1) is 0 Å². The van der Waals surface area contributed by atoms with Gasteiger partial charge in [0.15, 0.2) is 17.3 Å². The number of rotatable bonds is 4. The summed E-state index contributed by atoms with van der Waals surface area (Å²) < 4.78 is 5.03. The average Bonchev–Trinajstić information content (AvgIpc) is 2.47. The number of halogens is 1. The minimum absolute atomic E-state index is 0.00240. The number of para-hydroxylation sites is 1. The first-order valence-electron chi connectivity index (χ1n) is 6.23. The summed E-state index contributed by atoms with van der Waals surface area (Å²) in [7, 11) is 1.48. The Morgan fingerprint density at radius 3 is 2.76 bits per heavy atom. The van der Waals surface area contributed by atoms with E-state index < -0.39 is 0 Å². The molecular weight excluding hydrogens is 290 g/mol. The molecular formula is C16H14ClNO3. The number of ether oxygens (including phenoxy) is 1. The molecule has 2 aromatic rings. The Bertz CT molecular complexity index is 711. The fourth-order valence-electron chi connectivity index (χ4n) is 1.78. The van der Waals surface area contributed by atoms with E-state index in [0.717, 1.165) is 0 Å². The molecule has 0 unspecified atom stereocenters. The first-order valence-corrected chi connectivity index (χ1v) is 6.61. The number of aromatic hydroxyl groups is 1. The lowest BCUT2D eigenvalue weighted by Crippen LogP contribution is -1.91. The van der Waals surface area contributed by atoms with Crippen molar-refractivity contribution in [3.8, 4) is 11.5 Å². The molecule has 0 spiro atoms. The third-order valence-electron chi connectivity index (χ3n) is 2.95. The largest absolute Gasteiger partial charge is 0.504 e. The first kappa shape index (κ1) is 15.1. The molecule has 0 heterocycles. The van der Waals surface area contributed by atoms with Crippen molar-refractivity contribution in [2.45, 2.75) is 6.92 Å². The predicted molar refractivity (Wildman–Crippen MR) is 83.4 cm³/mol. The van der Waals surface area contributed by atoms with Gasteiger partial charge in [0.1, 0.15) is 0 Å². The number of carbonyl (C=O) groups excluding carboxylic acids is 1. The van der Waals surface area contributed by atoms with Crippen LogP contribution in [0.4, 0.5) is 5.69 Å². The molecule has 0 saturated heterocycles. The predicted octanol–water partition coefficient (Wildman–Crippen LogP) is 4.01. The van der Waals surface area contributed by atoms with Gasteiger partial charge in [-0.2, -0.15) is 0 Å². The Kier molecular flexibility index (Phi) is 4.60. The molecule has 0 aliphatic heterocycles. The van der Waals surface area contributed by atoms with E-state index in [1.54, 1.807) is 36.4 Å². The van der Waals surface area contributed by atoms with Crippen LogP contribution in [0.1, 0.15) is 22.8 Å². The fourth-order valence-corrected chi connectivity index (χ4v) is 1.94. The number of methoxy groups -OCH3 is 1. The Labute approximate surface area is 127 Å². The second-order valence-electron chi connectivity index (χ2n) is 4.38. The van der Waals surface area contributed by atoms with Crippen molar-refractivity contribution >= 4 is 29.3 Å². The van der Waals surface area contributed by atoms with Crippen molar-refractivity contribution in [3.05, 3.63) is 52.5 Å². The normalized spacial score (nSPS) is 10.8. The lowest BCUT2D eigenvalue weighted by Gasteiger charge is -2.05. The van der Waals surface area contributed by atoms with E-state index >= 15 is 0 Å². The number of phenols is 1. The number of aliphatic imine (C=N–C) groups is 1.